The van der Waals surface area contributed by atoms with E-state index in [0.29, 0.717) is 17.0 Å². The van der Waals surface area contributed by atoms with Crippen molar-refractivity contribution < 1.29 is 17.9 Å². The first-order valence-electron chi connectivity index (χ1n) is 9.31. The zero-order chi connectivity index (χ0) is 21.6. The number of pyridine rings is 1. The summed E-state index contributed by atoms with van der Waals surface area (Å²) in [5.41, 5.74) is 1.55. The molecule has 0 unspecified atom stereocenters. The van der Waals surface area contributed by atoms with Gasteiger partial charge < -0.3 is 10.1 Å². The number of benzene rings is 2. The van der Waals surface area contributed by atoms with Gasteiger partial charge in [-0.2, -0.15) is 0 Å². The average Bonchev–Trinajstić information content (AvgIpc) is 2.77. The molecule has 0 bridgehead atoms. The van der Waals surface area contributed by atoms with E-state index in [1.165, 1.54) is 13.2 Å². The van der Waals surface area contributed by atoms with Gasteiger partial charge in [0.2, 0.25) is 5.91 Å². The number of carbonyl (C=O) groups excluding carboxylic acids is 1. The summed E-state index contributed by atoms with van der Waals surface area (Å²) in [6.45, 7) is 1.52. The molecule has 3 rings (SSSR count). The van der Waals surface area contributed by atoms with E-state index in [4.69, 9.17) is 4.74 Å². The summed E-state index contributed by atoms with van der Waals surface area (Å²) in [4.78, 5) is 17.0. The summed E-state index contributed by atoms with van der Waals surface area (Å²) in [5.74, 6) is -0.101. The number of nitrogens with zero attached hydrogens (tertiary/aromatic N) is 2. The predicted octanol–water partition coefficient (Wildman–Crippen LogP) is 2.91. The van der Waals surface area contributed by atoms with E-state index in [2.05, 4.69) is 10.3 Å². The molecule has 0 aliphatic carbocycles. The standard InChI is InChI=1S/C22H23N3O4S/c1-17-9-3-6-13-21(17)30(27,28)25(19-11-4-5-12-20(19)29-2)16-22(26)24-15-18-10-7-8-14-23-18/h3-14H,15-16H2,1-2H3,(H,24,26). The van der Waals surface area contributed by atoms with Crippen LogP contribution in [0.2, 0.25) is 0 Å². The van der Waals surface area contributed by atoms with Crippen molar-refractivity contribution in [1.29, 1.82) is 0 Å². The van der Waals surface area contributed by atoms with Crippen LogP contribution in [0, 0.1) is 6.92 Å². The number of para-hydroxylation sites is 2. The number of hydrogen-bond donors (Lipinski definition) is 1. The van der Waals surface area contributed by atoms with Gasteiger partial charge in [0.15, 0.2) is 0 Å². The number of aryl methyl sites for hydroxylation is 1. The molecule has 0 saturated heterocycles. The second-order valence-corrected chi connectivity index (χ2v) is 8.38. The molecule has 7 nitrogen and oxygen atoms in total. The minimum atomic E-state index is -4.02. The van der Waals surface area contributed by atoms with Gasteiger partial charge in [-0.25, -0.2) is 8.42 Å². The number of amides is 1. The first-order chi connectivity index (χ1) is 14.4. The lowest BCUT2D eigenvalue weighted by Gasteiger charge is -2.26. The summed E-state index contributed by atoms with van der Waals surface area (Å²) in [6.07, 6.45) is 1.63. The maximum Gasteiger partial charge on any atom is 0.265 e. The molecular weight excluding hydrogens is 402 g/mol. The highest BCUT2D eigenvalue weighted by Gasteiger charge is 2.30. The molecule has 30 heavy (non-hydrogen) atoms. The summed E-state index contributed by atoms with van der Waals surface area (Å²) >= 11 is 0. The van der Waals surface area contributed by atoms with E-state index >= 15 is 0 Å². The van der Waals surface area contributed by atoms with E-state index in [9.17, 15) is 13.2 Å². The molecule has 3 aromatic rings. The Bertz CT molecular complexity index is 1120. The highest BCUT2D eigenvalue weighted by molar-refractivity contribution is 7.93. The van der Waals surface area contributed by atoms with Crippen LogP contribution in [0.5, 0.6) is 5.75 Å². The van der Waals surface area contributed by atoms with Crippen LogP contribution >= 0.6 is 0 Å². The molecule has 0 aliphatic heterocycles. The number of hydrogen-bond acceptors (Lipinski definition) is 5. The second kappa shape index (κ2) is 9.41. The van der Waals surface area contributed by atoms with E-state index in [-0.39, 0.29) is 17.1 Å². The summed E-state index contributed by atoms with van der Waals surface area (Å²) < 4.78 is 33.4. The van der Waals surface area contributed by atoms with Crippen LogP contribution in [0.3, 0.4) is 0 Å². The fourth-order valence-corrected chi connectivity index (χ4v) is 4.64. The quantitative estimate of drug-likeness (QED) is 0.600. The lowest BCUT2D eigenvalue weighted by molar-refractivity contribution is -0.119. The molecule has 156 valence electrons. The minimum absolute atomic E-state index is 0.133. The molecule has 0 fully saturated rings. The highest BCUT2D eigenvalue weighted by Crippen LogP contribution is 2.32. The van der Waals surface area contributed by atoms with Crippen LogP contribution < -0.4 is 14.4 Å². The van der Waals surface area contributed by atoms with Crippen LogP contribution in [0.1, 0.15) is 11.3 Å². The van der Waals surface area contributed by atoms with Gasteiger partial charge in [0.05, 0.1) is 29.9 Å². The maximum atomic E-state index is 13.5. The van der Waals surface area contributed by atoms with Gasteiger partial charge >= 0.3 is 0 Å². The van der Waals surface area contributed by atoms with Crippen molar-refractivity contribution in [2.24, 2.45) is 0 Å². The molecule has 0 spiro atoms. The van der Waals surface area contributed by atoms with E-state index in [0.717, 1.165) is 4.31 Å². The summed E-state index contributed by atoms with van der Waals surface area (Å²) in [6, 6.07) is 18.7. The van der Waals surface area contributed by atoms with Crippen molar-refractivity contribution in [3.8, 4) is 5.75 Å². The van der Waals surface area contributed by atoms with Gasteiger partial charge in [-0.3, -0.25) is 14.1 Å². The topological polar surface area (TPSA) is 88.6 Å². The molecule has 1 aromatic heterocycles. The highest BCUT2D eigenvalue weighted by atomic mass is 32.2. The number of rotatable bonds is 8. The van der Waals surface area contributed by atoms with E-state index < -0.39 is 22.5 Å². The maximum absolute atomic E-state index is 13.5. The number of anilines is 1. The van der Waals surface area contributed by atoms with Gasteiger partial charge in [0.25, 0.3) is 10.0 Å². The Balaban J connectivity index is 1.94. The monoisotopic (exact) mass is 425 g/mol. The fraction of sp³-hybridized carbons (Fsp3) is 0.182. The average molecular weight is 426 g/mol. The molecule has 1 N–H and O–H groups in total. The third-order valence-electron chi connectivity index (χ3n) is 4.50. The lowest BCUT2D eigenvalue weighted by atomic mass is 10.2. The van der Waals surface area contributed by atoms with Gasteiger partial charge in [-0.1, -0.05) is 36.4 Å². The van der Waals surface area contributed by atoms with Crippen LogP contribution in [0.4, 0.5) is 5.69 Å². The van der Waals surface area contributed by atoms with Gasteiger partial charge in [-0.05, 0) is 42.8 Å². The van der Waals surface area contributed by atoms with Crippen molar-refractivity contribution in [3.63, 3.8) is 0 Å². The first kappa shape index (κ1) is 21.3. The van der Waals surface area contributed by atoms with Crippen molar-refractivity contribution in [2.75, 3.05) is 18.0 Å². The first-order valence-corrected chi connectivity index (χ1v) is 10.8. The molecule has 0 saturated carbocycles. The zero-order valence-electron chi connectivity index (χ0n) is 16.8. The van der Waals surface area contributed by atoms with Gasteiger partial charge in [0.1, 0.15) is 12.3 Å². The minimum Gasteiger partial charge on any atom is -0.495 e. The van der Waals surface area contributed by atoms with Crippen molar-refractivity contribution >= 4 is 21.6 Å². The smallest absolute Gasteiger partial charge is 0.265 e. The van der Waals surface area contributed by atoms with E-state index in [1.807, 2.05) is 6.07 Å². The number of nitrogens with one attached hydrogen (secondary N) is 1. The largest absolute Gasteiger partial charge is 0.495 e. The van der Waals surface area contributed by atoms with Gasteiger partial charge in [-0.15, -0.1) is 0 Å². The van der Waals surface area contributed by atoms with Crippen molar-refractivity contribution in [2.45, 2.75) is 18.4 Å². The van der Waals surface area contributed by atoms with Crippen LogP contribution in [0.25, 0.3) is 0 Å². The van der Waals surface area contributed by atoms with Crippen LogP contribution in [-0.4, -0.2) is 33.0 Å². The van der Waals surface area contributed by atoms with Gasteiger partial charge in [0, 0.05) is 6.20 Å². The number of sulfonamides is 1. The van der Waals surface area contributed by atoms with Crippen molar-refractivity contribution in [1.82, 2.24) is 10.3 Å². The Hall–Kier alpha value is -3.39. The SMILES string of the molecule is COc1ccccc1N(CC(=O)NCc1ccccn1)S(=O)(=O)c1ccccc1C. The lowest BCUT2D eigenvalue weighted by Crippen LogP contribution is -2.41. The molecule has 1 heterocycles. The molecule has 1 amide bonds. The third-order valence-corrected chi connectivity index (χ3v) is 6.42. The van der Waals surface area contributed by atoms with Crippen LogP contribution in [0.15, 0.2) is 77.8 Å². The Kier molecular flexibility index (Phi) is 6.68. The second-order valence-electron chi connectivity index (χ2n) is 6.55. The molecular formula is C22H23N3O4S. The number of methoxy groups -OCH3 is 1. The number of ether oxygens (including phenoxy) is 1. The molecule has 0 aliphatic rings. The Morgan fingerprint density at radius 1 is 1.03 bits per heavy atom. The fourth-order valence-electron chi connectivity index (χ4n) is 2.98. The zero-order valence-corrected chi connectivity index (χ0v) is 17.6. The molecule has 2 aromatic carbocycles. The number of aromatic nitrogens is 1. The van der Waals surface area contributed by atoms with Crippen LogP contribution in [-0.2, 0) is 21.4 Å². The Labute approximate surface area is 176 Å². The molecule has 8 heteroatoms. The summed E-state index contributed by atoms with van der Waals surface area (Å²) in [5, 5.41) is 2.73. The Morgan fingerprint density at radius 3 is 2.43 bits per heavy atom. The summed E-state index contributed by atoms with van der Waals surface area (Å²) in [7, 11) is -2.56. The predicted molar refractivity (Wildman–Crippen MR) is 115 cm³/mol. The third kappa shape index (κ3) is 4.77. The van der Waals surface area contributed by atoms with Crippen molar-refractivity contribution in [3.05, 3.63) is 84.2 Å². The number of carbonyl (C=O) groups is 1. The normalized spacial score (nSPS) is 11.0. The Morgan fingerprint density at radius 2 is 1.73 bits per heavy atom. The van der Waals surface area contributed by atoms with E-state index in [1.54, 1.807) is 67.7 Å². The molecule has 0 radical (unpaired) electrons. The molecule has 0 atom stereocenters.